The Morgan fingerprint density at radius 2 is 1.60 bits per heavy atom. The Kier molecular flexibility index (Phi) is 16.6. The van der Waals surface area contributed by atoms with E-state index in [2.05, 4.69) is 0 Å². The van der Waals surface area contributed by atoms with Crippen LogP contribution in [0.25, 0.3) is 0 Å². The van der Waals surface area contributed by atoms with Crippen molar-refractivity contribution in [2.45, 2.75) is 192 Å². The van der Waals surface area contributed by atoms with Gasteiger partial charge in [-0.1, -0.05) is 20.8 Å². The van der Waals surface area contributed by atoms with Gasteiger partial charge in [0.15, 0.2) is 12.6 Å². The summed E-state index contributed by atoms with van der Waals surface area (Å²) in [6, 6.07) is -0.819. The van der Waals surface area contributed by atoms with Crippen LogP contribution in [0.2, 0.25) is 0 Å². The number of nitrogens with zero attached hydrogens (tertiary/aromatic N) is 2. The number of ether oxygens (including phenoxy) is 7. The molecule has 0 bridgehead atoms. The highest BCUT2D eigenvalue weighted by Gasteiger charge is 2.53. The van der Waals surface area contributed by atoms with Gasteiger partial charge in [0.05, 0.1) is 41.5 Å². The lowest BCUT2D eigenvalue weighted by Gasteiger charge is -2.48. The lowest BCUT2D eigenvalue weighted by Crippen LogP contribution is -2.60. The minimum atomic E-state index is -1.81. The Balaban J connectivity index is 2.21. The fourth-order valence-electron chi connectivity index (χ4n) is 9.12. The number of aliphatic hydroxyl groups excluding tert-OH is 2. The third-order valence-corrected chi connectivity index (χ3v) is 12.5. The summed E-state index contributed by atoms with van der Waals surface area (Å²) in [5.41, 5.74) is -4.43. The van der Waals surface area contributed by atoms with Gasteiger partial charge in [-0.3, -0.25) is 14.5 Å². The average Bonchev–Trinajstić information content (AvgIpc) is 3.08. The summed E-state index contributed by atoms with van der Waals surface area (Å²) in [6.07, 6.45) is -8.27. The summed E-state index contributed by atoms with van der Waals surface area (Å²) in [4.78, 5) is 30.7. The molecule has 3 rings (SSSR count). The molecule has 4 N–H and O–H groups in total. The molecule has 3 fully saturated rings. The second-order valence-corrected chi connectivity index (χ2v) is 17.8. The highest BCUT2D eigenvalue weighted by atomic mass is 16.7. The predicted molar refractivity (Wildman–Crippen MR) is 204 cm³/mol. The first-order chi connectivity index (χ1) is 25.3. The van der Waals surface area contributed by atoms with Gasteiger partial charge in [0.25, 0.3) is 0 Å². The zero-order chi connectivity index (χ0) is 42.0. The molecule has 0 spiro atoms. The standard InChI is InChI=1S/C40H74N2O13/c1-16-29-40(11,48)35(52-27(8)43)25(6)42(14)20-21(2)18-38(9,47)34(55-37-31(44)28(41(12)13)17-22(3)50-37)23(4)32(24(5)36(46)53-29)54-30-19-39(10,49-15)33(45)26(7)51-30/h21-26,28-35,37,44-45,47-48H,16-20H2,1-15H3/t21-,22-,23+,24-,25-,26+,28?,29-,30+,31-,32+,33+,34-,35-,37+,38-,39-,40-/m1/s1. The van der Waals surface area contributed by atoms with E-state index in [0.717, 1.165) is 0 Å². The van der Waals surface area contributed by atoms with E-state index < -0.39 is 102 Å². The fourth-order valence-corrected chi connectivity index (χ4v) is 9.12. The van der Waals surface area contributed by atoms with Crippen molar-refractivity contribution in [2.24, 2.45) is 17.8 Å². The first kappa shape index (κ1) is 47.9. The smallest absolute Gasteiger partial charge is 0.311 e. The molecule has 3 saturated heterocycles. The molecular formula is C40H74N2O13. The van der Waals surface area contributed by atoms with Gasteiger partial charge < -0.3 is 58.5 Å². The van der Waals surface area contributed by atoms with Crippen LogP contribution >= 0.6 is 0 Å². The van der Waals surface area contributed by atoms with Crippen LogP contribution in [0.15, 0.2) is 0 Å². The molecule has 3 aliphatic rings. The summed E-state index contributed by atoms with van der Waals surface area (Å²) in [7, 11) is 7.11. The molecule has 0 saturated carbocycles. The van der Waals surface area contributed by atoms with Crippen LogP contribution in [0.1, 0.15) is 102 Å². The highest BCUT2D eigenvalue weighted by molar-refractivity contribution is 5.73. The summed E-state index contributed by atoms with van der Waals surface area (Å²) < 4.78 is 43.5. The Morgan fingerprint density at radius 1 is 0.982 bits per heavy atom. The summed E-state index contributed by atoms with van der Waals surface area (Å²) >= 11 is 0. The molecule has 18 atom stereocenters. The van der Waals surface area contributed by atoms with Crippen molar-refractivity contribution in [3.05, 3.63) is 0 Å². The highest BCUT2D eigenvalue weighted by Crippen LogP contribution is 2.40. The first-order valence-electron chi connectivity index (χ1n) is 20.0. The van der Waals surface area contributed by atoms with Crippen LogP contribution in [0.4, 0.5) is 0 Å². The monoisotopic (exact) mass is 791 g/mol. The Morgan fingerprint density at radius 3 is 2.15 bits per heavy atom. The van der Waals surface area contributed by atoms with Gasteiger partial charge >= 0.3 is 11.9 Å². The lowest BCUT2D eigenvalue weighted by atomic mass is 9.77. The number of carbonyl (C=O) groups is 2. The van der Waals surface area contributed by atoms with E-state index in [4.69, 9.17) is 33.2 Å². The lowest BCUT2D eigenvalue weighted by molar-refractivity contribution is -0.318. The van der Waals surface area contributed by atoms with Gasteiger partial charge in [0, 0.05) is 45.0 Å². The third-order valence-electron chi connectivity index (χ3n) is 12.5. The molecule has 0 aliphatic carbocycles. The maximum Gasteiger partial charge on any atom is 0.311 e. The minimum Gasteiger partial charge on any atom is -0.459 e. The van der Waals surface area contributed by atoms with Crippen LogP contribution in [0.5, 0.6) is 0 Å². The fraction of sp³-hybridized carbons (Fsp3) is 0.950. The molecule has 0 aromatic carbocycles. The molecule has 0 aromatic heterocycles. The molecule has 15 heteroatoms. The van der Waals surface area contributed by atoms with Crippen molar-refractivity contribution in [3.8, 4) is 0 Å². The van der Waals surface area contributed by atoms with Crippen LogP contribution in [-0.2, 0) is 42.7 Å². The maximum absolute atomic E-state index is 14.4. The van der Waals surface area contributed by atoms with E-state index in [1.165, 1.54) is 21.0 Å². The number of esters is 2. The summed E-state index contributed by atoms with van der Waals surface area (Å²) in [5, 5.41) is 47.3. The number of hydrogen-bond donors (Lipinski definition) is 4. The molecule has 55 heavy (non-hydrogen) atoms. The second kappa shape index (κ2) is 19.0. The predicted octanol–water partition coefficient (Wildman–Crippen LogP) is 2.47. The van der Waals surface area contributed by atoms with Gasteiger partial charge in [-0.2, -0.15) is 0 Å². The molecule has 3 aliphatic heterocycles. The SMILES string of the molecule is CC[C@H]1OC(=O)[C@H](C)[C@@H](O[C@H]2C[C@@](C)(OC)[C@@H](O)[C@H](C)O2)[C@H](C)[C@@H](O[C@@H]2O[C@H](C)CC(N(C)C)[C@H]2O)[C@](C)(O)C[C@@H](C)CN(C)[C@H](C)[C@@H](OC(C)=O)[C@]1(C)O. The van der Waals surface area contributed by atoms with Crippen molar-refractivity contribution in [1.82, 2.24) is 9.80 Å². The van der Waals surface area contributed by atoms with Crippen molar-refractivity contribution < 1.29 is 63.2 Å². The molecule has 3 heterocycles. The molecular weight excluding hydrogens is 716 g/mol. The van der Waals surface area contributed by atoms with Crippen molar-refractivity contribution in [3.63, 3.8) is 0 Å². The normalized spacial score (nSPS) is 47.4. The van der Waals surface area contributed by atoms with Crippen LogP contribution in [0, 0.1) is 17.8 Å². The van der Waals surface area contributed by atoms with Gasteiger partial charge in [-0.25, -0.2) is 0 Å². The zero-order valence-corrected chi connectivity index (χ0v) is 36.1. The average molecular weight is 791 g/mol. The quantitative estimate of drug-likeness (QED) is 0.263. The number of carbonyl (C=O) groups excluding carboxylic acids is 2. The van der Waals surface area contributed by atoms with Gasteiger partial charge in [-0.15, -0.1) is 0 Å². The number of likely N-dealkylation sites (N-methyl/N-ethyl adjacent to an activating group) is 2. The van der Waals surface area contributed by atoms with Crippen LogP contribution < -0.4 is 0 Å². The van der Waals surface area contributed by atoms with Crippen molar-refractivity contribution in [2.75, 3.05) is 34.8 Å². The zero-order valence-electron chi connectivity index (χ0n) is 36.1. The Hall–Kier alpha value is -1.50. The molecule has 15 nitrogen and oxygen atoms in total. The number of rotatable bonds is 8. The summed E-state index contributed by atoms with van der Waals surface area (Å²) in [6.45, 7) is 19.3. The van der Waals surface area contributed by atoms with E-state index in [1.807, 2.05) is 58.6 Å². The van der Waals surface area contributed by atoms with Crippen LogP contribution in [0.3, 0.4) is 0 Å². The van der Waals surface area contributed by atoms with E-state index in [-0.39, 0.29) is 37.3 Å². The van der Waals surface area contributed by atoms with Crippen molar-refractivity contribution in [1.29, 1.82) is 0 Å². The number of cyclic esters (lactones) is 1. The largest absolute Gasteiger partial charge is 0.459 e. The topological polar surface area (TPSA) is 186 Å². The third kappa shape index (κ3) is 11.2. The Labute approximate surface area is 329 Å². The van der Waals surface area contributed by atoms with Crippen LogP contribution in [-0.4, -0.2) is 167 Å². The number of aliphatic hydroxyl groups is 4. The van der Waals surface area contributed by atoms with E-state index in [1.54, 1.807) is 34.6 Å². The van der Waals surface area contributed by atoms with E-state index in [0.29, 0.717) is 13.0 Å². The minimum absolute atomic E-state index is 0.117. The van der Waals surface area contributed by atoms with E-state index >= 15 is 0 Å². The number of hydrogen-bond acceptors (Lipinski definition) is 15. The van der Waals surface area contributed by atoms with E-state index in [9.17, 15) is 30.0 Å². The molecule has 322 valence electrons. The molecule has 0 aromatic rings. The van der Waals surface area contributed by atoms with Crippen molar-refractivity contribution >= 4 is 11.9 Å². The number of methoxy groups -OCH3 is 1. The maximum atomic E-state index is 14.4. The molecule has 0 radical (unpaired) electrons. The Bertz CT molecular complexity index is 1250. The van der Waals surface area contributed by atoms with Gasteiger partial charge in [0.2, 0.25) is 0 Å². The first-order valence-corrected chi connectivity index (χ1v) is 20.0. The van der Waals surface area contributed by atoms with Gasteiger partial charge in [-0.05, 0) is 94.8 Å². The summed E-state index contributed by atoms with van der Waals surface area (Å²) in [5.74, 6) is -3.29. The second-order valence-electron chi connectivity index (χ2n) is 17.8. The molecule has 0 amide bonds. The van der Waals surface area contributed by atoms with Gasteiger partial charge in [0.1, 0.15) is 30.0 Å². The molecule has 1 unspecified atom stereocenters.